The van der Waals surface area contributed by atoms with Gasteiger partial charge in [-0.15, -0.1) is 0 Å². The molecule has 0 radical (unpaired) electrons. The van der Waals surface area contributed by atoms with Gasteiger partial charge in [0.25, 0.3) is 0 Å². The van der Waals surface area contributed by atoms with Gasteiger partial charge in [-0.1, -0.05) is 133 Å². The molecule has 0 heterocycles. The topological polar surface area (TPSA) is 80.9 Å². The second-order valence-corrected chi connectivity index (χ2v) is 13.4. The molecule has 0 aromatic carbocycles. The molecule has 0 saturated heterocycles. The van der Waals surface area contributed by atoms with E-state index in [-0.39, 0.29) is 5.41 Å². The molecule has 0 bridgehead atoms. The molecule has 0 aromatic rings. The third kappa shape index (κ3) is 15.1. The first-order valence-electron chi connectivity index (χ1n) is 15.7. The fourth-order valence-electron chi connectivity index (χ4n) is 4.80. The van der Waals surface area contributed by atoms with Crippen LogP contribution in [-0.2, 0) is 0 Å². The van der Waals surface area contributed by atoms with Crippen LogP contribution >= 0.6 is 0 Å². The lowest BCUT2D eigenvalue weighted by atomic mass is 9.70. The Morgan fingerprint density at radius 1 is 0.773 bits per heavy atom. The average Bonchev–Trinajstić information content (AvgIpc) is 2.91. The maximum Gasteiger partial charge on any atom is 0.101 e. The van der Waals surface area contributed by atoms with Crippen LogP contribution in [0.5, 0.6) is 0 Å². The van der Waals surface area contributed by atoms with Crippen molar-refractivity contribution in [3.63, 3.8) is 0 Å². The quantitative estimate of drug-likeness (QED) is 0.150. The molecule has 0 amide bonds. The van der Waals surface area contributed by atoms with Crippen molar-refractivity contribution in [2.45, 2.75) is 112 Å². The summed E-state index contributed by atoms with van der Waals surface area (Å²) in [5.41, 5.74) is 6.38. The standard InChI is InChI=1S/C40H58O4/c1-29(18-13-20-31(3)21-15-23-33(5)25-27-37(42)40(9,10)44)16-11-12-17-30(2)19-14-22-32(4)24-26-35-34(6)38(43)36(41)28-39(35,7)8/h11-24,26,36-38,41-44H,25,27-28H2,1-10H3/b12-11+,18-13+,19-14+,21-15+,26-24+,29-16+,30-17+,31-20+,32-22+,33-23+/t36-,37+,38+/m1/s1. The van der Waals surface area contributed by atoms with Crippen molar-refractivity contribution in [3.8, 4) is 0 Å². The van der Waals surface area contributed by atoms with E-state index in [0.717, 1.165) is 45.4 Å². The molecular weight excluding hydrogens is 544 g/mol. The molecule has 0 spiro atoms. The Balaban J connectivity index is 2.63. The molecular formula is C40H58O4. The number of rotatable bonds is 14. The first-order chi connectivity index (χ1) is 20.4. The van der Waals surface area contributed by atoms with E-state index in [2.05, 4.69) is 96.2 Å². The summed E-state index contributed by atoms with van der Waals surface area (Å²) in [4.78, 5) is 0. The van der Waals surface area contributed by atoms with Crippen LogP contribution in [0.25, 0.3) is 0 Å². The summed E-state index contributed by atoms with van der Waals surface area (Å²) in [6, 6.07) is 0. The lowest BCUT2D eigenvalue weighted by Crippen LogP contribution is -2.38. The van der Waals surface area contributed by atoms with Crippen molar-refractivity contribution in [3.05, 3.63) is 130 Å². The molecule has 1 aliphatic carbocycles. The fourth-order valence-corrected chi connectivity index (χ4v) is 4.80. The SMILES string of the molecule is CC1=C(/C=C/C(C)=C/C=C/C(C)=C/C=C/C=C(C)/C=C/C=C(C)/C=C/C=C(\C)CC[C@H](O)C(C)(C)O)C(C)(C)C[C@@H](O)[C@H]1O. The van der Waals surface area contributed by atoms with E-state index in [4.69, 9.17) is 0 Å². The maximum absolute atomic E-state index is 10.3. The van der Waals surface area contributed by atoms with Crippen LogP contribution in [0.4, 0.5) is 0 Å². The normalized spacial score (nSPS) is 22.6. The van der Waals surface area contributed by atoms with E-state index in [1.54, 1.807) is 13.8 Å². The van der Waals surface area contributed by atoms with E-state index in [0.29, 0.717) is 12.8 Å². The van der Waals surface area contributed by atoms with Crippen LogP contribution in [0, 0.1) is 5.41 Å². The minimum atomic E-state index is -1.07. The highest BCUT2D eigenvalue weighted by Crippen LogP contribution is 2.41. The van der Waals surface area contributed by atoms with Crippen LogP contribution < -0.4 is 0 Å². The van der Waals surface area contributed by atoms with Gasteiger partial charge < -0.3 is 20.4 Å². The zero-order chi connectivity index (χ0) is 33.5. The highest BCUT2D eigenvalue weighted by atomic mass is 16.3. The van der Waals surface area contributed by atoms with Gasteiger partial charge in [-0.2, -0.15) is 0 Å². The summed E-state index contributed by atoms with van der Waals surface area (Å²) < 4.78 is 0. The summed E-state index contributed by atoms with van der Waals surface area (Å²) in [6.45, 7) is 19.7. The predicted octanol–water partition coefficient (Wildman–Crippen LogP) is 8.88. The van der Waals surface area contributed by atoms with Crippen LogP contribution in [0.15, 0.2) is 130 Å². The molecule has 1 rings (SSSR count). The smallest absolute Gasteiger partial charge is 0.101 e. The summed E-state index contributed by atoms with van der Waals surface area (Å²) in [5, 5.41) is 40.2. The summed E-state index contributed by atoms with van der Waals surface area (Å²) in [5.74, 6) is 0. The molecule has 4 N–H and O–H groups in total. The number of hydrogen-bond donors (Lipinski definition) is 4. The lowest BCUT2D eigenvalue weighted by Gasteiger charge is -2.38. The van der Waals surface area contributed by atoms with Gasteiger partial charge in [-0.3, -0.25) is 0 Å². The van der Waals surface area contributed by atoms with Crippen molar-refractivity contribution >= 4 is 0 Å². The predicted molar refractivity (Wildman–Crippen MR) is 189 cm³/mol. The van der Waals surface area contributed by atoms with Crippen molar-refractivity contribution in [1.29, 1.82) is 0 Å². The first kappa shape index (κ1) is 39.0. The molecule has 0 saturated carbocycles. The van der Waals surface area contributed by atoms with Gasteiger partial charge in [-0.25, -0.2) is 0 Å². The highest BCUT2D eigenvalue weighted by molar-refractivity contribution is 5.39. The molecule has 4 heteroatoms. The fraction of sp³-hybridized carbons (Fsp3) is 0.450. The molecule has 0 unspecified atom stereocenters. The Morgan fingerprint density at radius 2 is 1.20 bits per heavy atom. The van der Waals surface area contributed by atoms with Crippen LogP contribution in [0.2, 0.25) is 0 Å². The lowest BCUT2D eigenvalue weighted by molar-refractivity contribution is -0.0509. The molecule has 3 atom stereocenters. The zero-order valence-electron chi connectivity index (χ0n) is 28.8. The van der Waals surface area contributed by atoms with E-state index in [1.165, 1.54) is 0 Å². The van der Waals surface area contributed by atoms with E-state index < -0.39 is 23.9 Å². The van der Waals surface area contributed by atoms with Gasteiger partial charge in [-0.05, 0) is 91.2 Å². The Bertz CT molecular complexity index is 1280. The summed E-state index contributed by atoms with van der Waals surface area (Å²) in [7, 11) is 0. The monoisotopic (exact) mass is 602 g/mol. The van der Waals surface area contributed by atoms with Crippen molar-refractivity contribution < 1.29 is 20.4 Å². The van der Waals surface area contributed by atoms with Crippen molar-refractivity contribution in [2.24, 2.45) is 5.41 Å². The van der Waals surface area contributed by atoms with Gasteiger partial charge in [0.1, 0.15) is 6.10 Å². The molecule has 242 valence electrons. The third-order valence-corrected chi connectivity index (χ3v) is 7.83. The van der Waals surface area contributed by atoms with Crippen molar-refractivity contribution in [2.75, 3.05) is 0 Å². The number of aliphatic hydroxyl groups excluding tert-OH is 3. The highest BCUT2D eigenvalue weighted by Gasteiger charge is 2.36. The summed E-state index contributed by atoms with van der Waals surface area (Å²) >= 11 is 0. The van der Waals surface area contributed by atoms with Gasteiger partial charge in [0, 0.05) is 0 Å². The third-order valence-electron chi connectivity index (χ3n) is 7.83. The van der Waals surface area contributed by atoms with Crippen LogP contribution in [0.3, 0.4) is 0 Å². The number of hydrogen-bond acceptors (Lipinski definition) is 4. The summed E-state index contributed by atoms with van der Waals surface area (Å²) in [6.07, 6.45) is 30.4. The number of aliphatic hydroxyl groups is 4. The Morgan fingerprint density at radius 3 is 1.68 bits per heavy atom. The zero-order valence-corrected chi connectivity index (χ0v) is 28.8. The van der Waals surface area contributed by atoms with E-state index >= 15 is 0 Å². The van der Waals surface area contributed by atoms with Crippen molar-refractivity contribution in [1.82, 2.24) is 0 Å². The van der Waals surface area contributed by atoms with Crippen LogP contribution in [-0.4, -0.2) is 44.3 Å². The van der Waals surface area contributed by atoms with Gasteiger partial charge in [0.05, 0.1) is 17.8 Å². The minimum Gasteiger partial charge on any atom is -0.390 e. The minimum absolute atomic E-state index is 0.180. The Kier molecular flexibility index (Phi) is 16.6. The molecule has 0 fully saturated rings. The van der Waals surface area contributed by atoms with E-state index in [1.807, 2.05) is 50.3 Å². The van der Waals surface area contributed by atoms with Crippen LogP contribution in [0.1, 0.15) is 88.5 Å². The molecule has 1 aliphatic rings. The molecule has 44 heavy (non-hydrogen) atoms. The Labute approximate surface area is 268 Å². The second-order valence-electron chi connectivity index (χ2n) is 13.4. The molecule has 4 nitrogen and oxygen atoms in total. The molecule has 0 aliphatic heterocycles. The first-order valence-corrected chi connectivity index (χ1v) is 15.7. The second kappa shape index (κ2) is 18.7. The maximum atomic E-state index is 10.3. The van der Waals surface area contributed by atoms with E-state index in [9.17, 15) is 20.4 Å². The van der Waals surface area contributed by atoms with Gasteiger partial charge in [0.15, 0.2) is 0 Å². The molecule has 0 aromatic heterocycles. The number of allylic oxidation sites excluding steroid dienone is 21. The largest absolute Gasteiger partial charge is 0.390 e. The average molecular weight is 603 g/mol. The van der Waals surface area contributed by atoms with Gasteiger partial charge in [0.2, 0.25) is 0 Å². The Hall–Kier alpha value is -3.02. The van der Waals surface area contributed by atoms with Gasteiger partial charge >= 0.3 is 0 Å².